The fourth-order valence-electron chi connectivity index (χ4n) is 1.22. The maximum Gasteiger partial charge on any atom is 0.186 e. The number of rotatable bonds is 5. The van der Waals surface area contributed by atoms with Gasteiger partial charge in [0.1, 0.15) is 5.69 Å². The molecule has 0 radical (unpaired) electrons. The van der Waals surface area contributed by atoms with Crippen LogP contribution in [0, 0.1) is 5.92 Å². The van der Waals surface area contributed by atoms with Gasteiger partial charge in [0.15, 0.2) is 5.78 Å². The lowest BCUT2D eigenvalue weighted by Crippen LogP contribution is -2.27. The van der Waals surface area contributed by atoms with E-state index in [9.17, 15) is 4.79 Å². The number of nitrogens with one attached hydrogen (secondary N) is 1. The zero-order chi connectivity index (χ0) is 10.6. The lowest BCUT2D eigenvalue weighted by atomic mass is 10.0. The van der Waals surface area contributed by atoms with Crippen molar-refractivity contribution < 1.29 is 4.79 Å². The summed E-state index contributed by atoms with van der Waals surface area (Å²) < 4.78 is 1.50. The summed E-state index contributed by atoms with van der Waals surface area (Å²) in [6.45, 7) is 5.49. The average molecular weight is 196 g/mol. The number of Topliss-reactive ketones (excluding diaryl/α,β-unsaturated/α-hetero) is 1. The van der Waals surface area contributed by atoms with Crippen molar-refractivity contribution in [3.63, 3.8) is 0 Å². The molecule has 0 aliphatic carbocycles. The summed E-state index contributed by atoms with van der Waals surface area (Å²) in [7, 11) is 1.72. The van der Waals surface area contributed by atoms with Crippen molar-refractivity contribution in [2.24, 2.45) is 13.0 Å². The Hall–Kier alpha value is -1.23. The molecule has 0 saturated heterocycles. The normalized spacial score (nSPS) is 12.8. The van der Waals surface area contributed by atoms with Gasteiger partial charge in [-0.05, 0) is 6.54 Å². The third-order valence-corrected chi connectivity index (χ3v) is 2.12. The predicted octanol–water partition coefficient (Wildman–Crippen LogP) is 0.243. The van der Waals surface area contributed by atoms with E-state index >= 15 is 0 Å². The van der Waals surface area contributed by atoms with Crippen molar-refractivity contribution in [3.8, 4) is 0 Å². The zero-order valence-corrected chi connectivity index (χ0v) is 8.82. The molecule has 1 unspecified atom stereocenters. The van der Waals surface area contributed by atoms with Gasteiger partial charge in [-0.15, -0.1) is 5.10 Å². The Kier molecular flexibility index (Phi) is 3.76. The van der Waals surface area contributed by atoms with Crippen molar-refractivity contribution in [2.45, 2.75) is 13.8 Å². The lowest BCUT2D eigenvalue weighted by Gasteiger charge is -2.09. The monoisotopic (exact) mass is 196 g/mol. The molecule has 0 saturated carbocycles. The van der Waals surface area contributed by atoms with Crippen molar-refractivity contribution >= 4 is 5.78 Å². The molecule has 78 valence electrons. The summed E-state index contributed by atoms with van der Waals surface area (Å²) in [6, 6.07) is 0. The molecule has 0 fully saturated rings. The van der Waals surface area contributed by atoms with E-state index in [1.165, 1.54) is 10.9 Å². The van der Waals surface area contributed by atoms with Crippen LogP contribution in [-0.2, 0) is 7.05 Å². The number of aromatic nitrogens is 3. The molecule has 1 heterocycles. The molecule has 0 bridgehead atoms. The van der Waals surface area contributed by atoms with E-state index in [1.54, 1.807) is 7.05 Å². The van der Waals surface area contributed by atoms with Gasteiger partial charge in [0, 0.05) is 19.5 Å². The fraction of sp³-hybridized carbons (Fsp3) is 0.667. The van der Waals surface area contributed by atoms with Gasteiger partial charge in [0.05, 0.1) is 6.20 Å². The van der Waals surface area contributed by atoms with Crippen LogP contribution in [0.2, 0.25) is 0 Å². The summed E-state index contributed by atoms with van der Waals surface area (Å²) in [5.41, 5.74) is 0.565. The number of carbonyl (C=O) groups excluding carboxylic acids is 1. The quantitative estimate of drug-likeness (QED) is 0.685. The Bertz CT molecular complexity index is 308. The standard InChI is InChI=1S/C9H16N4O/c1-4-10-5-7(2)9(14)8-6-11-12-13(8)3/h6-7,10H,4-5H2,1-3H3. The Labute approximate surface area is 83.5 Å². The second-order valence-electron chi connectivity index (χ2n) is 3.32. The molecule has 0 aliphatic heterocycles. The Morgan fingerprint density at radius 2 is 2.43 bits per heavy atom. The summed E-state index contributed by atoms with van der Waals surface area (Å²) in [4.78, 5) is 11.8. The van der Waals surface area contributed by atoms with Gasteiger partial charge < -0.3 is 5.32 Å². The molecule has 0 aliphatic rings. The second kappa shape index (κ2) is 4.85. The second-order valence-corrected chi connectivity index (χ2v) is 3.32. The Balaban J connectivity index is 2.61. The van der Waals surface area contributed by atoms with Crippen LogP contribution in [0.1, 0.15) is 24.3 Å². The third-order valence-electron chi connectivity index (χ3n) is 2.12. The molecule has 14 heavy (non-hydrogen) atoms. The highest BCUT2D eigenvalue weighted by Crippen LogP contribution is 2.05. The van der Waals surface area contributed by atoms with Crippen LogP contribution in [-0.4, -0.2) is 33.9 Å². The van der Waals surface area contributed by atoms with E-state index in [-0.39, 0.29) is 11.7 Å². The molecule has 5 heteroatoms. The van der Waals surface area contributed by atoms with Gasteiger partial charge in [-0.2, -0.15) is 0 Å². The molecule has 5 nitrogen and oxygen atoms in total. The molecule has 1 aromatic heterocycles. The first-order valence-electron chi connectivity index (χ1n) is 4.76. The minimum atomic E-state index is -0.0350. The SMILES string of the molecule is CCNCC(C)C(=O)c1cnnn1C. The van der Waals surface area contributed by atoms with E-state index in [0.717, 1.165) is 6.54 Å². The molecule has 1 aromatic rings. The minimum absolute atomic E-state index is 0.0350. The van der Waals surface area contributed by atoms with Gasteiger partial charge in [0.2, 0.25) is 0 Å². The highest BCUT2D eigenvalue weighted by Gasteiger charge is 2.17. The molecular formula is C9H16N4O. The van der Waals surface area contributed by atoms with E-state index in [1.807, 2.05) is 13.8 Å². The van der Waals surface area contributed by atoms with Crippen LogP contribution in [0.25, 0.3) is 0 Å². The van der Waals surface area contributed by atoms with Gasteiger partial charge >= 0.3 is 0 Å². The predicted molar refractivity (Wildman–Crippen MR) is 53.0 cm³/mol. The Morgan fingerprint density at radius 1 is 1.71 bits per heavy atom. The first-order valence-corrected chi connectivity index (χ1v) is 4.76. The first kappa shape index (κ1) is 10.8. The summed E-state index contributed by atoms with van der Waals surface area (Å²) in [5.74, 6) is 0.0469. The van der Waals surface area contributed by atoms with Crippen molar-refractivity contribution in [1.82, 2.24) is 20.3 Å². The molecule has 1 atom stereocenters. The smallest absolute Gasteiger partial charge is 0.186 e. The van der Waals surface area contributed by atoms with E-state index < -0.39 is 0 Å². The van der Waals surface area contributed by atoms with Crippen LogP contribution < -0.4 is 5.32 Å². The maximum absolute atomic E-state index is 11.8. The maximum atomic E-state index is 11.8. The van der Waals surface area contributed by atoms with E-state index in [4.69, 9.17) is 0 Å². The van der Waals surface area contributed by atoms with Crippen molar-refractivity contribution in [3.05, 3.63) is 11.9 Å². The van der Waals surface area contributed by atoms with Crippen LogP contribution in [0.15, 0.2) is 6.20 Å². The van der Waals surface area contributed by atoms with Crippen LogP contribution in [0.4, 0.5) is 0 Å². The summed E-state index contributed by atoms with van der Waals surface area (Å²) >= 11 is 0. The molecular weight excluding hydrogens is 180 g/mol. The minimum Gasteiger partial charge on any atom is -0.316 e. The van der Waals surface area contributed by atoms with E-state index in [0.29, 0.717) is 12.2 Å². The molecule has 0 amide bonds. The van der Waals surface area contributed by atoms with Crippen LogP contribution >= 0.6 is 0 Å². The number of aryl methyl sites for hydroxylation is 1. The number of ketones is 1. The number of hydrogen-bond acceptors (Lipinski definition) is 4. The van der Waals surface area contributed by atoms with Crippen molar-refractivity contribution in [2.75, 3.05) is 13.1 Å². The molecule has 0 spiro atoms. The lowest BCUT2D eigenvalue weighted by molar-refractivity contribution is 0.0919. The van der Waals surface area contributed by atoms with Crippen molar-refractivity contribution in [1.29, 1.82) is 0 Å². The summed E-state index contributed by atoms with van der Waals surface area (Å²) in [5, 5.41) is 10.5. The fourth-order valence-corrected chi connectivity index (χ4v) is 1.22. The van der Waals surface area contributed by atoms with Gasteiger partial charge in [-0.3, -0.25) is 4.79 Å². The number of carbonyl (C=O) groups is 1. The third kappa shape index (κ3) is 2.38. The highest BCUT2D eigenvalue weighted by atomic mass is 16.1. The van der Waals surface area contributed by atoms with Gasteiger partial charge in [-0.1, -0.05) is 19.1 Å². The number of nitrogens with zero attached hydrogens (tertiary/aromatic N) is 3. The van der Waals surface area contributed by atoms with E-state index in [2.05, 4.69) is 15.6 Å². The molecule has 1 rings (SSSR count). The Morgan fingerprint density at radius 3 is 2.93 bits per heavy atom. The summed E-state index contributed by atoms with van der Waals surface area (Å²) in [6.07, 6.45) is 1.50. The first-order chi connectivity index (χ1) is 6.66. The van der Waals surface area contributed by atoms with Crippen LogP contribution in [0.5, 0.6) is 0 Å². The topological polar surface area (TPSA) is 59.8 Å². The largest absolute Gasteiger partial charge is 0.316 e. The molecule has 0 aromatic carbocycles. The molecule has 1 N–H and O–H groups in total. The van der Waals surface area contributed by atoms with Crippen LogP contribution in [0.3, 0.4) is 0 Å². The van der Waals surface area contributed by atoms with Gasteiger partial charge in [-0.25, -0.2) is 4.68 Å². The zero-order valence-electron chi connectivity index (χ0n) is 8.82. The number of hydrogen-bond donors (Lipinski definition) is 1. The van der Waals surface area contributed by atoms with Gasteiger partial charge in [0.25, 0.3) is 0 Å². The average Bonchev–Trinajstić information content (AvgIpc) is 2.59. The highest BCUT2D eigenvalue weighted by molar-refractivity contribution is 5.95.